The lowest BCUT2D eigenvalue weighted by Crippen LogP contribution is -2.32. The number of aromatic amines is 1. The van der Waals surface area contributed by atoms with Crippen LogP contribution in [0.4, 0.5) is 23.0 Å². The van der Waals surface area contributed by atoms with Gasteiger partial charge in [-0.3, -0.25) is 9.89 Å². The van der Waals surface area contributed by atoms with Gasteiger partial charge in [-0.15, -0.1) is 0 Å². The van der Waals surface area contributed by atoms with Crippen molar-refractivity contribution in [3.05, 3.63) is 59.7 Å². The van der Waals surface area contributed by atoms with E-state index in [-0.39, 0.29) is 11.3 Å². The van der Waals surface area contributed by atoms with Crippen LogP contribution in [0, 0.1) is 5.92 Å². The molecule has 0 saturated carbocycles. The maximum atomic E-state index is 12.1. The summed E-state index contributed by atoms with van der Waals surface area (Å²) in [7, 11) is 0. The number of phenolic OH excluding ortho intramolecular Hbond substituents is 1. The molecule has 8 heteroatoms. The number of rotatable bonds is 7. The third-order valence-electron chi connectivity index (χ3n) is 5.69. The number of nitrogens with two attached hydrogens (primary N) is 1. The molecule has 0 atom stereocenters. The summed E-state index contributed by atoms with van der Waals surface area (Å²) < 4.78 is 0. The van der Waals surface area contributed by atoms with Gasteiger partial charge in [0.25, 0.3) is 5.91 Å². The van der Waals surface area contributed by atoms with E-state index in [1.54, 1.807) is 24.3 Å². The molecule has 1 aliphatic rings. The minimum Gasteiger partial charge on any atom is -0.508 e. The van der Waals surface area contributed by atoms with E-state index in [0.717, 1.165) is 30.3 Å². The number of H-pyrrole nitrogens is 1. The van der Waals surface area contributed by atoms with Crippen LogP contribution >= 0.6 is 0 Å². The lowest BCUT2D eigenvalue weighted by atomic mass is 9.99. The highest BCUT2D eigenvalue weighted by Crippen LogP contribution is 2.28. The molecular weight excluding hydrogens is 392 g/mol. The molecule has 0 bridgehead atoms. The van der Waals surface area contributed by atoms with Gasteiger partial charge in [0.05, 0.1) is 0 Å². The molecule has 1 saturated heterocycles. The molecule has 2 heterocycles. The molecule has 1 fully saturated rings. The smallest absolute Gasteiger partial charge is 0.256 e. The van der Waals surface area contributed by atoms with Gasteiger partial charge in [0.15, 0.2) is 5.82 Å². The van der Waals surface area contributed by atoms with E-state index in [2.05, 4.69) is 44.8 Å². The predicted molar refractivity (Wildman–Crippen MR) is 123 cm³/mol. The number of hydrogen-bond acceptors (Lipinski definition) is 6. The molecule has 0 spiro atoms. The minimum atomic E-state index is -0.580. The summed E-state index contributed by atoms with van der Waals surface area (Å²) in [6.07, 6.45) is 2.44. The van der Waals surface area contributed by atoms with E-state index in [1.165, 1.54) is 18.5 Å². The second kappa shape index (κ2) is 8.99. The maximum Gasteiger partial charge on any atom is 0.256 e. The number of aromatic nitrogens is 2. The van der Waals surface area contributed by atoms with Crippen molar-refractivity contribution in [2.24, 2.45) is 11.7 Å². The average molecular weight is 421 g/mol. The molecule has 0 unspecified atom stereocenters. The number of amides is 1. The van der Waals surface area contributed by atoms with Gasteiger partial charge in [-0.25, -0.2) is 0 Å². The highest BCUT2D eigenvalue weighted by Gasteiger charge is 2.19. The van der Waals surface area contributed by atoms with Crippen LogP contribution in [-0.2, 0) is 6.54 Å². The van der Waals surface area contributed by atoms with Crippen LogP contribution in [0.1, 0.15) is 35.7 Å². The second-order valence-corrected chi connectivity index (χ2v) is 8.05. The predicted octanol–water partition coefficient (Wildman–Crippen LogP) is 3.81. The molecule has 0 radical (unpaired) electrons. The third kappa shape index (κ3) is 4.91. The van der Waals surface area contributed by atoms with Crippen LogP contribution in [0.25, 0.3) is 0 Å². The maximum absolute atomic E-state index is 12.1. The Kier molecular flexibility index (Phi) is 5.97. The Bertz CT molecular complexity index is 1020. The molecule has 4 rings (SSSR count). The first-order valence-electron chi connectivity index (χ1n) is 10.5. The van der Waals surface area contributed by atoms with Crippen molar-refractivity contribution < 1.29 is 9.90 Å². The van der Waals surface area contributed by atoms with E-state index >= 15 is 0 Å². The number of primary amides is 1. The molecule has 1 aromatic heterocycles. The molecule has 3 aromatic rings. The largest absolute Gasteiger partial charge is 0.508 e. The fourth-order valence-corrected chi connectivity index (χ4v) is 3.77. The number of benzene rings is 2. The summed E-state index contributed by atoms with van der Waals surface area (Å²) in [5, 5.41) is 22.8. The number of phenols is 1. The van der Waals surface area contributed by atoms with E-state index in [1.807, 2.05) is 12.1 Å². The first-order valence-corrected chi connectivity index (χ1v) is 10.5. The minimum absolute atomic E-state index is 0.202. The Morgan fingerprint density at radius 3 is 2.48 bits per heavy atom. The quantitative estimate of drug-likeness (QED) is 0.397. The van der Waals surface area contributed by atoms with Gasteiger partial charge in [0, 0.05) is 31.0 Å². The average Bonchev–Trinajstić information content (AvgIpc) is 3.17. The van der Waals surface area contributed by atoms with E-state index in [0.29, 0.717) is 18.2 Å². The molecule has 162 valence electrons. The number of aromatic hydroxyl groups is 1. The van der Waals surface area contributed by atoms with Crippen LogP contribution in [0.3, 0.4) is 0 Å². The number of piperidine rings is 1. The third-order valence-corrected chi connectivity index (χ3v) is 5.69. The SMILES string of the molecule is CC1CCN(c2ccc(Nc3[nH]nc(NCc4ccc(O)cc4)c3C(N)=O)cc2)CC1. The lowest BCUT2D eigenvalue weighted by molar-refractivity contribution is 0.100. The molecule has 2 aromatic carbocycles. The van der Waals surface area contributed by atoms with Gasteiger partial charge in [0.2, 0.25) is 0 Å². The molecule has 0 aliphatic carbocycles. The first-order chi connectivity index (χ1) is 15.0. The number of hydrogen-bond donors (Lipinski definition) is 5. The van der Waals surface area contributed by atoms with Gasteiger partial charge in [0.1, 0.15) is 17.1 Å². The summed E-state index contributed by atoms with van der Waals surface area (Å²) in [5.41, 5.74) is 8.87. The van der Waals surface area contributed by atoms with Crippen LogP contribution in [0.5, 0.6) is 5.75 Å². The second-order valence-electron chi connectivity index (χ2n) is 8.05. The highest BCUT2D eigenvalue weighted by molar-refractivity contribution is 6.03. The van der Waals surface area contributed by atoms with Crippen molar-refractivity contribution in [2.75, 3.05) is 28.6 Å². The summed E-state index contributed by atoms with van der Waals surface area (Å²) >= 11 is 0. The first kappa shape index (κ1) is 20.6. The van der Waals surface area contributed by atoms with Gasteiger partial charge in [-0.1, -0.05) is 19.1 Å². The molecule has 8 nitrogen and oxygen atoms in total. The van der Waals surface area contributed by atoms with Crippen molar-refractivity contribution in [3.63, 3.8) is 0 Å². The fraction of sp³-hybridized carbons (Fsp3) is 0.304. The van der Waals surface area contributed by atoms with E-state index < -0.39 is 5.91 Å². The Balaban J connectivity index is 1.44. The van der Waals surface area contributed by atoms with Gasteiger partial charge in [-0.05, 0) is 60.7 Å². The Labute approximate surface area is 181 Å². The zero-order chi connectivity index (χ0) is 21.8. The van der Waals surface area contributed by atoms with E-state index in [4.69, 9.17) is 5.73 Å². The number of carbonyl (C=O) groups is 1. The fourth-order valence-electron chi connectivity index (χ4n) is 3.77. The topological polar surface area (TPSA) is 119 Å². The Morgan fingerprint density at radius 1 is 1.16 bits per heavy atom. The number of carbonyl (C=O) groups excluding carboxylic acids is 1. The summed E-state index contributed by atoms with van der Waals surface area (Å²) in [5.74, 6) is 1.24. The van der Waals surface area contributed by atoms with Gasteiger partial charge in [-0.2, -0.15) is 5.10 Å². The molecule has 31 heavy (non-hydrogen) atoms. The summed E-state index contributed by atoms with van der Waals surface area (Å²) in [6, 6.07) is 15.0. The lowest BCUT2D eigenvalue weighted by Gasteiger charge is -2.32. The Morgan fingerprint density at radius 2 is 1.84 bits per heavy atom. The summed E-state index contributed by atoms with van der Waals surface area (Å²) in [6.45, 7) is 4.90. The number of nitrogens with zero attached hydrogens (tertiary/aromatic N) is 2. The summed E-state index contributed by atoms with van der Waals surface area (Å²) in [4.78, 5) is 14.5. The van der Waals surface area contributed by atoms with Crippen molar-refractivity contribution >= 4 is 28.9 Å². The van der Waals surface area contributed by atoms with E-state index in [9.17, 15) is 9.90 Å². The van der Waals surface area contributed by atoms with Crippen LogP contribution in [0.15, 0.2) is 48.5 Å². The monoisotopic (exact) mass is 420 g/mol. The van der Waals surface area contributed by atoms with Gasteiger partial charge < -0.3 is 26.4 Å². The molecule has 1 amide bonds. The highest BCUT2D eigenvalue weighted by atomic mass is 16.3. The Hall–Kier alpha value is -3.68. The van der Waals surface area contributed by atoms with Crippen LogP contribution in [-0.4, -0.2) is 34.3 Å². The molecular formula is C23H28N6O2. The van der Waals surface area contributed by atoms with Crippen LogP contribution in [0.2, 0.25) is 0 Å². The normalized spacial score (nSPS) is 14.4. The number of nitrogens with one attached hydrogen (secondary N) is 3. The van der Waals surface area contributed by atoms with Crippen molar-refractivity contribution in [3.8, 4) is 5.75 Å². The molecule has 1 aliphatic heterocycles. The van der Waals surface area contributed by atoms with Crippen molar-refractivity contribution in [1.29, 1.82) is 0 Å². The van der Waals surface area contributed by atoms with Crippen molar-refractivity contribution in [1.82, 2.24) is 10.2 Å². The van der Waals surface area contributed by atoms with Crippen molar-refractivity contribution in [2.45, 2.75) is 26.3 Å². The standard InChI is InChI=1S/C23H28N6O2/c1-15-10-12-29(13-11-15)18-6-4-17(5-7-18)26-23-20(21(24)31)22(27-28-23)25-14-16-2-8-19(30)9-3-16/h2-9,15,30H,10-14H2,1H3,(H2,24,31)(H3,25,26,27,28). The molecule has 6 N–H and O–H groups in total. The van der Waals surface area contributed by atoms with Crippen LogP contribution < -0.4 is 21.3 Å². The van der Waals surface area contributed by atoms with Gasteiger partial charge >= 0.3 is 0 Å². The zero-order valence-electron chi connectivity index (χ0n) is 17.6. The number of anilines is 4. The zero-order valence-corrected chi connectivity index (χ0v) is 17.6.